The summed E-state index contributed by atoms with van der Waals surface area (Å²) in [5, 5.41) is 10.8. The highest BCUT2D eigenvalue weighted by Gasteiger charge is 2.21. The van der Waals surface area contributed by atoms with Crippen LogP contribution in [0.5, 0.6) is 0 Å². The normalized spacial score (nSPS) is 11.0. The molecule has 0 fully saturated rings. The fraction of sp³-hybridized carbons (Fsp3) is 0.462. The average molecular weight is 298 g/mol. The zero-order valence-electron chi connectivity index (χ0n) is 11.9. The van der Waals surface area contributed by atoms with E-state index in [1.807, 2.05) is 20.8 Å². The lowest BCUT2D eigenvalue weighted by atomic mass is 10.1. The van der Waals surface area contributed by atoms with E-state index in [4.69, 9.17) is 22.7 Å². The Morgan fingerprint density at radius 2 is 2.20 bits per heavy atom. The standard InChI is InChI=1S/C13H20ClN5O/c1-13(2,3)18-12(20)19(11(15)16)8-6-10-9(14)5-4-7-17-10/h4-5,7H,6,8H2,1-3H3,(H3,15,16)(H,18,20). The van der Waals surface area contributed by atoms with E-state index >= 15 is 0 Å². The highest BCUT2D eigenvalue weighted by molar-refractivity contribution is 6.31. The minimum atomic E-state index is -0.406. The molecule has 1 rings (SSSR count). The van der Waals surface area contributed by atoms with Crippen LogP contribution in [-0.2, 0) is 6.42 Å². The predicted octanol–water partition coefficient (Wildman–Crippen LogP) is 1.98. The monoisotopic (exact) mass is 297 g/mol. The van der Waals surface area contributed by atoms with Gasteiger partial charge in [0.05, 0.1) is 10.7 Å². The van der Waals surface area contributed by atoms with Crippen molar-refractivity contribution in [1.82, 2.24) is 15.2 Å². The summed E-state index contributed by atoms with van der Waals surface area (Å²) >= 11 is 6.01. The van der Waals surface area contributed by atoms with Crippen LogP contribution in [0, 0.1) is 5.41 Å². The number of nitrogens with one attached hydrogen (secondary N) is 2. The van der Waals surface area contributed by atoms with Gasteiger partial charge in [0.25, 0.3) is 0 Å². The van der Waals surface area contributed by atoms with Gasteiger partial charge >= 0.3 is 6.03 Å². The second-order valence-electron chi connectivity index (χ2n) is 5.40. The zero-order valence-corrected chi connectivity index (χ0v) is 12.7. The molecule has 4 N–H and O–H groups in total. The Hall–Kier alpha value is -1.82. The van der Waals surface area contributed by atoms with Crippen LogP contribution >= 0.6 is 11.6 Å². The Morgan fingerprint density at radius 3 is 2.70 bits per heavy atom. The second-order valence-corrected chi connectivity index (χ2v) is 5.81. The molecular weight excluding hydrogens is 278 g/mol. The average Bonchev–Trinajstić information content (AvgIpc) is 2.28. The van der Waals surface area contributed by atoms with E-state index in [9.17, 15) is 4.79 Å². The molecule has 1 heterocycles. The number of carbonyl (C=O) groups is 1. The quantitative estimate of drug-likeness (QED) is 0.588. The number of hydrogen-bond acceptors (Lipinski definition) is 3. The summed E-state index contributed by atoms with van der Waals surface area (Å²) in [6.07, 6.45) is 2.06. The number of halogens is 1. The molecule has 0 saturated carbocycles. The lowest BCUT2D eigenvalue weighted by molar-refractivity contribution is 0.211. The molecule has 7 heteroatoms. The van der Waals surface area contributed by atoms with E-state index in [0.29, 0.717) is 17.1 Å². The van der Waals surface area contributed by atoms with E-state index in [0.717, 1.165) is 4.90 Å². The third-order valence-electron chi connectivity index (χ3n) is 2.42. The number of nitrogens with zero attached hydrogens (tertiary/aromatic N) is 2. The van der Waals surface area contributed by atoms with Gasteiger partial charge in [-0.25, -0.2) is 4.79 Å². The van der Waals surface area contributed by atoms with Crippen molar-refractivity contribution in [2.45, 2.75) is 32.7 Å². The number of guanidine groups is 1. The van der Waals surface area contributed by atoms with Crippen molar-refractivity contribution in [3.63, 3.8) is 0 Å². The lowest BCUT2D eigenvalue weighted by Crippen LogP contribution is -2.53. The summed E-state index contributed by atoms with van der Waals surface area (Å²) in [7, 11) is 0. The van der Waals surface area contributed by atoms with Gasteiger partial charge in [-0.2, -0.15) is 0 Å². The molecule has 0 saturated heterocycles. The van der Waals surface area contributed by atoms with Crippen LogP contribution in [0.3, 0.4) is 0 Å². The van der Waals surface area contributed by atoms with Crippen molar-refractivity contribution in [2.24, 2.45) is 5.73 Å². The van der Waals surface area contributed by atoms with Gasteiger partial charge < -0.3 is 11.1 Å². The number of amides is 2. The first-order valence-corrected chi connectivity index (χ1v) is 6.61. The van der Waals surface area contributed by atoms with Gasteiger partial charge in [-0.1, -0.05) is 11.6 Å². The van der Waals surface area contributed by atoms with Crippen LogP contribution in [0.25, 0.3) is 0 Å². The Kier molecular flexibility index (Phi) is 5.33. The van der Waals surface area contributed by atoms with Crippen LogP contribution in [0.1, 0.15) is 26.5 Å². The predicted molar refractivity (Wildman–Crippen MR) is 79.9 cm³/mol. The summed E-state index contributed by atoms with van der Waals surface area (Å²) in [5.74, 6) is -0.307. The molecule has 0 unspecified atom stereocenters. The van der Waals surface area contributed by atoms with E-state index in [1.54, 1.807) is 18.3 Å². The third kappa shape index (κ3) is 5.05. The number of nitrogens with two attached hydrogens (primary N) is 1. The Labute approximate surface area is 123 Å². The first-order chi connectivity index (χ1) is 9.20. The van der Waals surface area contributed by atoms with Crippen molar-refractivity contribution in [1.29, 1.82) is 5.41 Å². The molecule has 0 spiro atoms. The molecule has 20 heavy (non-hydrogen) atoms. The van der Waals surface area contributed by atoms with E-state index in [2.05, 4.69) is 10.3 Å². The van der Waals surface area contributed by atoms with Gasteiger partial charge in [-0.05, 0) is 32.9 Å². The zero-order chi connectivity index (χ0) is 15.3. The Bertz CT molecular complexity index is 498. The smallest absolute Gasteiger partial charge is 0.324 e. The molecule has 0 aromatic carbocycles. The maximum Gasteiger partial charge on any atom is 0.324 e. The molecule has 1 aromatic heterocycles. The minimum Gasteiger partial charge on any atom is -0.370 e. The van der Waals surface area contributed by atoms with Crippen molar-refractivity contribution in [2.75, 3.05) is 6.54 Å². The van der Waals surface area contributed by atoms with Gasteiger partial charge in [0.2, 0.25) is 0 Å². The highest BCUT2D eigenvalue weighted by Crippen LogP contribution is 2.13. The summed E-state index contributed by atoms with van der Waals surface area (Å²) in [5.41, 5.74) is 5.73. The van der Waals surface area contributed by atoms with Crippen LogP contribution in [0.4, 0.5) is 4.79 Å². The molecule has 0 bridgehead atoms. The summed E-state index contributed by atoms with van der Waals surface area (Å²) in [6.45, 7) is 5.82. The van der Waals surface area contributed by atoms with Gasteiger partial charge in [0.15, 0.2) is 5.96 Å². The molecule has 1 aromatic rings. The molecule has 6 nitrogen and oxygen atoms in total. The van der Waals surface area contributed by atoms with Crippen LogP contribution < -0.4 is 11.1 Å². The van der Waals surface area contributed by atoms with E-state index in [-0.39, 0.29) is 12.5 Å². The van der Waals surface area contributed by atoms with Crippen molar-refractivity contribution in [3.05, 3.63) is 29.0 Å². The first kappa shape index (κ1) is 16.2. The number of rotatable bonds is 3. The fourth-order valence-corrected chi connectivity index (χ4v) is 1.76. The molecular formula is C13H20ClN5O. The van der Waals surface area contributed by atoms with E-state index < -0.39 is 11.6 Å². The second kappa shape index (κ2) is 6.56. The largest absolute Gasteiger partial charge is 0.370 e. The molecule has 2 amide bonds. The number of aromatic nitrogens is 1. The van der Waals surface area contributed by atoms with Crippen molar-refractivity contribution in [3.8, 4) is 0 Å². The molecule has 0 radical (unpaired) electrons. The molecule has 0 aliphatic heterocycles. The summed E-state index contributed by atoms with van der Waals surface area (Å²) in [6, 6.07) is 3.06. The van der Waals surface area contributed by atoms with Gasteiger partial charge in [-0.15, -0.1) is 0 Å². The Balaban J connectivity index is 2.72. The fourth-order valence-electron chi connectivity index (χ4n) is 1.54. The van der Waals surface area contributed by atoms with Crippen LogP contribution in [0.15, 0.2) is 18.3 Å². The van der Waals surface area contributed by atoms with Gasteiger partial charge in [0, 0.05) is 24.7 Å². The molecule has 0 aliphatic carbocycles. The molecule has 0 atom stereocenters. The third-order valence-corrected chi connectivity index (χ3v) is 2.77. The maximum absolute atomic E-state index is 12.0. The number of urea groups is 1. The highest BCUT2D eigenvalue weighted by atomic mass is 35.5. The number of pyridine rings is 1. The first-order valence-electron chi connectivity index (χ1n) is 6.24. The van der Waals surface area contributed by atoms with Crippen molar-refractivity contribution < 1.29 is 4.79 Å². The topological polar surface area (TPSA) is 95.1 Å². The lowest BCUT2D eigenvalue weighted by Gasteiger charge is -2.27. The maximum atomic E-state index is 12.0. The molecule has 110 valence electrons. The van der Waals surface area contributed by atoms with E-state index in [1.165, 1.54) is 0 Å². The van der Waals surface area contributed by atoms with Crippen molar-refractivity contribution >= 4 is 23.6 Å². The van der Waals surface area contributed by atoms with Crippen LogP contribution in [0.2, 0.25) is 5.02 Å². The molecule has 0 aliphatic rings. The van der Waals surface area contributed by atoms with Crippen LogP contribution in [-0.4, -0.2) is 34.0 Å². The Morgan fingerprint density at radius 1 is 1.55 bits per heavy atom. The number of hydrogen-bond donors (Lipinski definition) is 3. The van der Waals surface area contributed by atoms with Gasteiger partial charge in [0.1, 0.15) is 0 Å². The summed E-state index contributed by atoms with van der Waals surface area (Å²) < 4.78 is 0. The summed E-state index contributed by atoms with van der Waals surface area (Å²) in [4.78, 5) is 17.4. The minimum absolute atomic E-state index is 0.244. The SMILES string of the molecule is CC(C)(C)NC(=O)N(CCc1ncccc1Cl)C(=N)N. The number of carbonyl (C=O) groups excluding carboxylic acids is 1. The van der Waals surface area contributed by atoms with Gasteiger partial charge in [-0.3, -0.25) is 15.3 Å².